The van der Waals surface area contributed by atoms with Crippen molar-refractivity contribution in [3.05, 3.63) is 52.7 Å². The molecule has 0 fully saturated rings. The third kappa shape index (κ3) is 2.02. The van der Waals surface area contributed by atoms with Gasteiger partial charge in [0.1, 0.15) is 17.1 Å². The molecule has 2 heterocycles. The molecule has 2 aromatic heterocycles. The van der Waals surface area contributed by atoms with E-state index in [9.17, 15) is 9.90 Å². The highest BCUT2D eigenvalue weighted by molar-refractivity contribution is 5.96. The number of pyridine rings is 1. The highest BCUT2D eigenvalue weighted by Gasteiger charge is 2.19. The van der Waals surface area contributed by atoms with Crippen LogP contribution in [0.3, 0.4) is 0 Å². The van der Waals surface area contributed by atoms with Gasteiger partial charge in [0.25, 0.3) is 0 Å². The van der Waals surface area contributed by atoms with E-state index in [0.717, 1.165) is 16.7 Å². The molecule has 0 spiro atoms. The van der Waals surface area contributed by atoms with Crippen molar-refractivity contribution in [2.45, 2.75) is 20.8 Å². The van der Waals surface area contributed by atoms with Crippen molar-refractivity contribution in [2.75, 3.05) is 5.73 Å². The van der Waals surface area contributed by atoms with Crippen LogP contribution in [-0.2, 0) is 0 Å². The molecule has 0 saturated heterocycles. The van der Waals surface area contributed by atoms with Crippen LogP contribution in [0, 0.1) is 20.8 Å². The molecule has 112 valence electrons. The topological polar surface area (TPSA) is 80.6 Å². The number of nitrogen functional groups attached to an aromatic ring is 1. The van der Waals surface area contributed by atoms with E-state index in [1.54, 1.807) is 16.7 Å². The lowest BCUT2D eigenvalue weighted by atomic mass is 9.97. The number of aromatic nitrogens is 2. The number of hydrogen-bond acceptors (Lipinski definition) is 3. The number of rotatable bonds is 2. The van der Waals surface area contributed by atoms with Crippen molar-refractivity contribution in [3.8, 4) is 11.3 Å². The van der Waals surface area contributed by atoms with Crippen LogP contribution in [0.25, 0.3) is 16.9 Å². The molecular weight excluding hydrogens is 278 g/mol. The molecule has 0 unspecified atom stereocenters. The number of carboxylic acids is 1. The van der Waals surface area contributed by atoms with Crippen molar-refractivity contribution in [1.82, 2.24) is 9.38 Å². The van der Waals surface area contributed by atoms with Crippen molar-refractivity contribution < 1.29 is 9.90 Å². The number of nitrogens with zero attached hydrogens (tertiary/aromatic N) is 2. The number of nitrogens with two attached hydrogens (primary N) is 1. The van der Waals surface area contributed by atoms with Gasteiger partial charge in [-0.25, -0.2) is 9.78 Å². The van der Waals surface area contributed by atoms with E-state index >= 15 is 0 Å². The Bertz CT molecular complexity index is 887. The van der Waals surface area contributed by atoms with Gasteiger partial charge in [-0.15, -0.1) is 0 Å². The monoisotopic (exact) mass is 295 g/mol. The normalized spacial score (nSPS) is 11.0. The van der Waals surface area contributed by atoms with Crippen LogP contribution in [0.1, 0.15) is 27.0 Å². The first-order valence-electron chi connectivity index (χ1n) is 6.98. The van der Waals surface area contributed by atoms with E-state index in [-0.39, 0.29) is 5.56 Å². The standard InChI is InChI=1S/C17H17N3O2/c1-9-7-10(2)13(11(3)8-9)14-15(18)20-6-4-5-12(17(21)22)16(20)19-14/h4-8H,18H2,1-3H3,(H,21,22). The molecule has 5 nitrogen and oxygen atoms in total. The van der Waals surface area contributed by atoms with Crippen LogP contribution in [0.2, 0.25) is 0 Å². The summed E-state index contributed by atoms with van der Waals surface area (Å²) in [5.74, 6) is -0.562. The number of carboxylic acid groups (broad SMARTS) is 1. The molecule has 3 rings (SSSR count). The van der Waals surface area contributed by atoms with Gasteiger partial charge in [-0.3, -0.25) is 4.40 Å². The van der Waals surface area contributed by atoms with Crippen LogP contribution >= 0.6 is 0 Å². The average molecular weight is 295 g/mol. The van der Waals surface area contributed by atoms with Gasteiger partial charge >= 0.3 is 5.97 Å². The fraction of sp³-hybridized carbons (Fsp3) is 0.176. The molecule has 0 aliphatic heterocycles. The fourth-order valence-electron chi connectivity index (χ4n) is 2.99. The zero-order valence-corrected chi connectivity index (χ0v) is 12.7. The summed E-state index contributed by atoms with van der Waals surface area (Å²) in [4.78, 5) is 15.9. The van der Waals surface area contributed by atoms with Crippen LogP contribution in [0.4, 0.5) is 5.82 Å². The molecule has 0 saturated carbocycles. The Morgan fingerprint density at radius 2 is 1.86 bits per heavy atom. The lowest BCUT2D eigenvalue weighted by molar-refractivity contribution is 0.0698. The molecule has 3 aromatic rings. The first kappa shape index (κ1) is 14.1. The number of benzene rings is 1. The van der Waals surface area contributed by atoms with Gasteiger partial charge < -0.3 is 10.8 Å². The molecule has 0 aliphatic rings. The molecule has 0 atom stereocenters. The molecule has 22 heavy (non-hydrogen) atoms. The van der Waals surface area contributed by atoms with Gasteiger partial charge in [0.15, 0.2) is 5.65 Å². The number of fused-ring (bicyclic) bond motifs is 1. The van der Waals surface area contributed by atoms with Crippen molar-refractivity contribution in [2.24, 2.45) is 0 Å². The summed E-state index contributed by atoms with van der Waals surface area (Å²) in [5, 5.41) is 9.30. The number of aryl methyl sites for hydroxylation is 3. The number of carbonyl (C=O) groups is 1. The van der Waals surface area contributed by atoms with E-state index in [2.05, 4.69) is 17.1 Å². The predicted octanol–water partition coefficient (Wildman–Crippen LogP) is 3.21. The third-order valence-corrected chi connectivity index (χ3v) is 3.83. The van der Waals surface area contributed by atoms with Gasteiger partial charge in [-0.05, 0) is 44.0 Å². The zero-order chi connectivity index (χ0) is 16.0. The summed E-state index contributed by atoms with van der Waals surface area (Å²) in [5.41, 5.74) is 11.6. The summed E-state index contributed by atoms with van der Waals surface area (Å²) < 4.78 is 1.62. The second-order valence-corrected chi connectivity index (χ2v) is 5.54. The van der Waals surface area contributed by atoms with Crippen molar-refractivity contribution >= 4 is 17.4 Å². The number of anilines is 1. The second-order valence-electron chi connectivity index (χ2n) is 5.54. The average Bonchev–Trinajstić information content (AvgIpc) is 2.75. The number of hydrogen-bond donors (Lipinski definition) is 2. The van der Waals surface area contributed by atoms with Crippen molar-refractivity contribution in [1.29, 1.82) is 0 Å². The Balaban J connectivity index is 2.36. The Labute approximate surface area is 128 Å². The van der Waals surface area contributed by atoms with Gasteiger partial charge in [0, 0.05) is 11.8 Å². The molecule has 0 bridgehead atoms. The minimum absolute atomic E-state index is 0.142. The summed E-state index contributed by atoms with van der Waals surface area (Å²) in [6.45, 7) is 6.06. The highest BCUT2D eigenvalue weighted by Crippen LogP contribution is 2.33. The fourth-order valence-corrected chi connectivity index (χ4v) is 2.99. The Hall–Kier alpha value is -2.82. The van der Waals surface area contributed by atoms with Gasteiger partial charge in [-0.1, -0.05) is 17.7 Å². The zero-order valence-electron chi connectivity index (χ0n) is 12.7. The third-order valence-electron chi connectivity index (χ3n) is 3.83. The van der Waals surface area contributed by atoms with E-state index in [1.807, 2.05) is 20.8 Å². The van der Waals surface area contributed by atoms with Crippen LogP contribution in [0.5, 0.6) is 0 Å². The molecular formula is C17H17N3O2. The first-order chi connectivity index (χ1) is 10.4. The second kappa shape index (κ2) is 4.87. The van der Waals surface area contributed by atoms with E-state index in [1.165, 1.54) is 11.6 Å². The Morgan fingerprint density at radius 1 is 1.23 bits per heavy atom. The minimum Gasteiger partial charge on any atom is -0.478 e. The molecule has 3 N–H and O–H groups in total. The van der Waals surface area contributed by atoms with Crippen LogP contribution in [0.15, 0.2) is 30.5 Å². The molecule has 5 heteroatoms. The summed E-state index contributed by atoms with van der Waals surface area (Å²) in [7, 11) is 0. The van der Waals surface area contributed by atoms with Gasteiger partial charge in [-0.2, -0.15) is 0 Å². The van der Waals surface area contributed by atoms with E-state index in [4.69, 9.17) is 5.73 Å². The minimum atomic E-state index is -1.01. The Kier molecular flexibility index (Phi) is 3.13. The largest absolute Gasteiger partial charge is 0.478 e. The first-order valence-corrected chi connectivity index (χ1v) is 6.98. The summed E-state index contributed by atoms with van der Waals surface area (Å²) >= 11 is 0. The maximum atomic E-state index is 11.4. The molecule has 0 amide bonds. The number of imidazole rings is 1. The van der Waals surface area contributed by atoms with E-state index < -0.39 is 5.97 Å². The van der Waals surface area contributed by atoms with Crippen LogP contribution in [-0.4, -0.2) is 20.5 Å². The number of aromatic carboxylic acids is 1. The molecule has 1 aromatic carbocycles. The smallest absolute Gasteiger partial charge is 0.339 e. The maximum Gasteiger partial charge on any atom is 0.339 e. The van der Waals surface area contributed by atoms with Gasteiger partial charge in [0.05, 0.1) is 0 Å². The summed E-state index contributed by atoms with van der Waals surface area (Å²) in [6.07, 6.45) is 1.73. The quantitative estimate of drug-likeness (QED) is 0.760. The molecule has 0 radical (unpaired) electrons. The lowest BCUT2D eigenvalue weighted by Crippen LogP contribution is -2.01. The van der Waals surface area contributed by atoms with E-state index in [0.29, 0.717) is 17.2 Å². The predicted molar refractivity (Wildman–Crippen MR) is 86.2 cm³/mol. The summed E-state index contributed by atoms with van der Waals surface area (Å²) in [6, 6.07) is 7.34. The maximum absolute atomic E-state index is 11.4. The SMILES string of the molecule is Cc1cc(C)c(-c2nc3c(C(=O)O)cccn3c2N)c(C)c1. The lowest BCUT2D eigenvalue weighted by Gasteiger charge is -2.09. The van der Waals surface area contributed by atoms with Gasteiger partial charge in [0.2, 0.25) is 0 Å². The molecule has 0 aliphatic carbocycles. The van der Waals surface area contributed by atoms with Crippen LogP contribution < -0.4 is 5.73 Å². The Morgan fingerprint density at radius 3 is 2.45 bits per heavy atom. The highest BCUT2D eigenvalue weighted by atomic mass is 16.4. The van der Waals surface area contributed by atoms with Crippen molar-refractivity contribution in [3.63, 3.8) is 0 Å².